The van der Waals surface area contributed by atoms with E-state index < -0.39 is 0 Å². The first kappa shape index (κ1) is 15.2. The van der Waals surface area contributed by atoms with Crippen LogP contribution in [0.5, 0.6) is 5.75 Å². The zero-order valence-corrected chi connectivity index (χ0v) is 13.1. The number of halogens is 2. The summed E-state index contributed by atoms with van der Waals surface area (Å²) < 4.78 is 5.57. The molecule has 0 aliphatic heterocycles. The van der Waals surface area contributed by atoms with Crippen LogP contribution >= 0.6 is 35.0 Å². The third-order valence-electron chi connectivity index (χ3n) is 2.66. The minimum absolute atomic E-state index is 0.0718. The van der Waals surface area contributed by atoms with Crippen molar-refractivity contribution in [3.8, 4) is 5.75 Å². The molecule has 0 saturated heterocycles. The van der Waals surface area contributed by atoms with Gasteiger partial charge >= 0.3 is 0 Å². The van der Waals surface area contributed by atoms with Gasteiger partial charge in [-0.2, -0.15) is 0 Å². The van der Waals surface area contributed by atoms with Crippen LogP contribution in [0.1, 0.15) is 10.4 Å². The number of ether oxygens (including phenoxy) is 1. The lowest BCUT2D eigenvalue weighted by atomic mass is 10.1. The van der Waals surface area contributed by atoms with Crippen LogP contribution in [0.15, 0.2) is 47.4 Å². The molecular weight excluding hydrogens is 315 g/mol. The van der Waals surface area contributed by atoms with Crippen LogP contribution in [0.2, 0.25) is 10.0 Å². The van der Waals surface area contributed by atoms with Crippen LogP contribution < -0.4 is 4.74 Å². The Kier molecular flexibility index (Phi) is 5.35. The van der Waals surface area contributed by atoms with Crippen LogP contribution in [-0.2, 0) is 0 Å². The van der Waals surface area contributed by atoms with Crippen LogP contribution in [0.3, 0.4) is 0 Å². The van der Waals surface area contributed by atoms with E-state index in [0.717, 1.165) is 4.90 Å². The quantitative estimate of drug-likeness (QED) is 0.572. The number of Topliss-reactive ketones (excluding diaryl/α,β-unsaturated/α-hetero) is 1. The molecule has 5 heteroatoms. The molecule has 0 amide bonds. The maximum atomic E-state index is 12.1. The molecule has 0 heterocycles. The second-order valence-corrected chi connectivity index (χ2v) is 5.68. The molecule has 0 unspecified atom stereocenters. The van der Waals surface area contributed by atoms with E-state index in [1.54, 1.807) is 30.0 Å². The van der Waals surface area contributed by atoms with Crippen molar-refractivity contribution in [2.75, 3.05) is 12.9 Å². The normalized spacial score (nSPS) is 10.3. The van der Waals surface area contributed by atoms with Crippen molar-refractivity contribution in [2.24, 2.45) is 0 Å². The van der Waals surface area contributed by atoms with Crippen molar-refractivity contribution in [1.82, 2.24) is 0 Å². The highest BCUT2D eigenvalue weighted by Gasteiger charge is 2.12. The number of rotatable bonds is 5. The molecule has 0 atom stereocenters. The molecule has 2 aromatic rings. The zero-order chi connectivity index (χ0) is 14.5. The summed E-state index contributed by atoms with van der Waals surface area (Å²) >= 11 is 13.4. The summed E-state index contributed by atoms with van der Waals surface area (Å²) in [6, 6.07) is 12.4. The van der Waals surface area contributed by atoms with Crippen molar-refractivity contribution < 1.29 is 9.53 Å². The van der Waals surface area contributed by atoms with Gasteiger partial charge in [0.15, 0.2) is 6.61 Å². The van der Waals surface area contributed by atoms with Crippen molar-refractivity contribution >= 4 is 40.7 Å². The molecule has 0 fully saturated rings. The van der Waals surface area contributed by atoms with E-state index in [9.17, 15) is 4.79 Å². The highest BCUT2D eigenvalue weighted by atomic mass is 35.5. The Bertz CT molecular complexity index is 629. The predicted octanol–water partition coefficient (Wildman–Crippen LogP) is 4.98. The summed E-state index contributed by atoms with van der Waals surface area (Å²) in [6.07, 6.45) is 1.96. The molecule has 0 spiro atoms. The molecule has 2 rings (SSSR count). The fourth-order valence-corrected chi connectivity index (χ4v) is 2.61. The molecule has 0 aromatic heterocycles. The number of carbonyl (C=O) groups is 1. The molecule has 104 valence electrons. The van der Waals surface area contributed by atoms with E-state index in [-0.39, 0.29) is 12.4 Å². The molecule has 0 aliphatic rings. The molecule has 0 bridgehead atoms. The van der Waals surface area contributed by atoms with E-state index in [2.05, 4.69) is 0 Å². The molecular formula is C15H12Cl2O2S. The van der Waals surface area contributed by atoms with Gasteiger partial charge in [0.25, 0.3) is 0 Å². The van der Waals surface area contributed by atoms with Gasteiger partial charge in [-0.15, -0.1) is 11.8 Å². The molecule has 0 saturated carbocycles. The Morgan fingerprint density at radius 1 is 1.20 bits per heavy atom. The van der Waals surface area contributed by atoms with Gasteiger partial charge in [-0.05, 0) is 36.6 Å². The Morgan fingerprint density at radius 2 is 1.95 bits per heavy atom. The number of hydrogen-bond donors (Lipinski definition) is 0. The van der Waals surface area contributed by atoms with Gasteiger partial charge in [-0.25, -0.2) is 0 Å². The lowest BCUT2D eigenvalue weighted by Gasteiger charge is -2.10. The Labute approximate surface area is 132 Å². The van der Waals surface area contributed by atoms with E-state index in [1.165, 1.54) is 0 Å². The van der Waals surface area contributed by atoms with Gasteiger partial charge in [-0.3, -0.25) is 4.79 Å². The average Bonchev–Trinajstić information content (AvgIpc) is 2.47. The van der Waals surface area contributed by atoms with Gasteiger partial charge < -0.3 is 4.74 Å². The SMILES string of the molecule is CSc1ccccc1OCC(=O)c1cc(Cl)ccc1Cl. The minimum Gasteiger partial charge on any atom is -0.484 e. The third kappa shape index (κ3) is 3.69. The highest BCUT2D eigenvalue weighted by molar-refractivity contribution is 7.98. The van der Waals surface area contributed by atoms with Gasteiger partial charge in [0.1, 0.15) is 5.75 Å². The minimum atomic E-state index is -0.201. The molecule has 2 aromatic carbocycles. The molecule has 20 heavy (non-hydrogen) atoms. The Morgan fingerprint density at radius 3 is 2.70 bits per heavy atom. The van der Waals surface area contributed by atoms with E-state index in [4.69, 9.17) is 27.9 Å². The van der Waals surface area contributed by atoms with E-state index >= 15 is 0 Å². The number of para-hydroxylation sites is 1. The monoisotopic (exact) mass is 326 g/mol. The van der Waals surface area contributed by atoms with Crippen molar-refractivity contribution in [3.05, 3.63) is 58.1 Å². The summed E-state index contributed by atoms with van der Waals surface area (Å²) in [5, 5.41) is 0.850. The summed E-state index contributed by atoms with van der Waals surface area (Å²) in [6.45, 7) is -0.0718. The average molecular weight is 327 g/mol. The number of thioether (sulfide) groups is 1. The number of carbonyl (C=O) groups excluding carboxylic acids is 1. The number of benzene rings is 2. The van der Waals surface area contributed by atoms with Crippen LogP contribution in [0.25, 0.3) is 0 Å². The molecule has 0 radical (unpaired) electrons. The zero-order valence-electron chi connectivity index (χ0n) is 10.7. The van der Waals surface area contributed by atoms with E-state index in [1.807, 2.05) is 30.5 Å². The van der Waals surface area contributed by atoms with Crippen molar-refractivity contribution in [1.29, 1.82) is 0 Å². The second-order valence-electron chi connectivity index (χ2n) is 3.99. The molecule has 0 N–H and O–H groups in total. The lowest BCUT2D eigenvalue weighted by Crippen LogP contribution is -2.12. The first-order valence-electron chi connectivity index (χ1n) is 5.86. The fourth-order valence-electron chi connectivity index (χ4n) is 1.67. The highest BCUT2D eigenvalue weighted by Crippen LogP contribution is 2.27. The summed E-state index contributed by atoms with van der Waals surface area (Å²) in [7, 11) is 0. The Hall–Kier alpha value is -1.16. The lowest BCUT2D eigenvalue weighted by molar-refractivity contribution is 0.0919. The summed E-state index contributed by atoms with van der Waals surface area (Å²) in [5.41, 5.74) is 0.376. The van der Waals surface area contributed by atoms with Crippen LogP contribution in [0.4, 0.5) is 0 Å². The standard InChI is InChI=1S/C15H12Cl2O2S/c1-20-15-5-3-2-4-14(15)19-9-13(18)11-8-10(16)6-7-12(11)17/h2-8H,9H2,1H3. The van der Waals surface area contributed by atoms with Crippen molar-refractivity contribution in [3.63, 3.8) is 0 Å². The third-order valence-corrected chi connectivity index (χ3v) is 4.00. The number of ketones is 1. The van der Waals surface area contributed by atoms with E-state index in [0.29, 0.717) is 21.4 Å². The fraction of sp³-hybridized carbons (Fsp3) is 0.133. The van der Waals surface area contributed by atoms with Crippen molar-refractivity contribution in [2.45, 2.75) is 4.90 Å². The van der Waals surface area contributed by atoms with Gasteiger partial charge in [0.05, 0.1) is 5.02 Å². The second kappa shape index (κ2) is 7.02. The topological polar surface area (TPSA) is 26.3 Å². The van der Waals surface area contributed by atoms with Gasteiger partial charge in [-0.1, -0.05) is 35.3 Å². The summed E-state index contributed by atoms with van der Waals surface area (Å²) in [5.74, 6) is 0.486. The first-order chi connectivity index (χ1) is 9.61. The first-order valence-corrected chi connectivity index (χ1v) is 7.84. The predicted molar refractivity (Wildman–Crippen MR) is 84.5 cm³/mol. The molecule has 2 nitrogen and oxygen atoms in total. The maximum absolute atomic E-state index is 12.1. The smallest absolute Gasteiger partial charge is 0.201 e. The largest absolute Gasteiger partial charge is 0.484 e. The Balaban J connectivity index is 2.11. The van der Waals surface area contributed by atoms with Crippen LogP contribution in [0, 0.1) is 0 Å². The van der Waals surface area contributed by atoms with Crippen LogP contribution in [-0.4, -0.2) is 18.6 Å². The van der Waals surface area contributed by atoms with Gasteiger partial charge in [0.2, 0.25) is 5.78 Å². The molecule has 0 aliphatic carbocycles. The van der Waals surface area contributed by atoms with Gasteiger partial charge in [0, 0.05) is 15.5 Å². The number of hydrogen-bond acceptors (Lipinski definition) is 3. The maximum Gasteiger partial charge on any atom is 0.201 e. The summed E-state index contributed by atoms with van der Waals surface area (Å²) in [4.78, 5) is 13.1.